The first-order valence-corrected chi connectivity index (χ1v) is 6.32. The molecule has 3 N–H and O–H groups in total. The fourth-order valence-electron chi connectivity index (χ4n) is 2.03. The number of nitrogens with one attached hydrogen (secondary N) is 1. The average molecular weight is 223 g/mol. The molecule has 0 saturated carbocycles. The van der Waals surface area contributed by atoms with Gasteiger partial charge >= 0.3 is 0 Å². The molecular formula is C11H17N3S. The summed E-state index contributed by atoms with van der Waals surface area (Å²) in [4.78, 5) is 5.67. The molecule has 0 bridgehead atoms. The Balaban J connectivity index is 2.10. The minimum atomic E-state index is 0.371. The monoisotopic (exact) mass is 223 g/mol. The van der Waals surface area contributed by atoms with E-state index in [1.54, 1.807) is 0 Å². The Hall–Kier alpha value is -1.03. The molecule has 0 saturated heterocycles. The molecule has 1 aromatic heterocycles. The lowest BCUT2D eigenvalue weighted by atomic mass is 9.94. The molecule has 1 aliphatic carbocycles. The fourth-order valence-corrected chi connectivity index (χ4v) is 3.02. The molecule has 1 atom stereocenters. The summed E-state index contributed by atoms with van der Waals surface area (Å²) in [6.07, 6.45) is 3.62. The highest BCUT2D eigenvalue weighted by Gasteiger charge is 2.21. The average Bonchev–Trinajstić information content (AvgIpc) is 2.67. The fraction of sp³-hybridized carbons (Fsp3) is 0.545. The van der Waals surface area contributed by atoms with Crippen LogP contribution < -0.4 is 11.1 Å². The molecule has 1 aromatic rings. The standard InChI is InChI=1S/C11H17N3S/c1-2-13-11(12)14-9-4-3-5-10-8(9)6-7-15-10/h6-7,9H,2-5H2,1H3,(H3,12,13,14). The zero-order valence-corrected chi connectivity index (χ0v) is 9.81. The number of guanidine groups is 1. The summed E-state index contributed by atoms with van der Waals surface area (Å²) in [6, 6.07) is 2.58. The Morgan fingerprint density at radius 3 is 3.40 bits per heavy atom. The maximum Gasteiger partial charge on any atom is 0.189 e. The highest BCUT2D eigenvalue weighted by molar-refractivity contribution is 7.10. The van der Waals surface area contributed by atoms with Gasteiger partial charge < -0.3 is 11.1 Å². The number of thiophene rings is 1. The van der Waals surface area contributed by atoms with Gasteiger partial charge in [-0.1, -0.05) is 0 Å². The van der Waals surface area contributed by atoms with Gasteiger partial charge in [-0.05, 0) is 43.2 Å². The summed E-state index contributed by atoms with van der Waals surface area (Å²) in [5.41, 5.74) is 7.20. The summed E-state index contributed by atoms with van der Waals surface area (Å²) in [6.45, 7) is 2.73. The summed E-state index contributed by atoms with van der Waals surface area (Å²) in [7, 11) is 0. The largest absolute Gasteiger partial charge is 0.370 e. The first kappa shape index (κ1) is 10.5. The molecule has 1 aliphatic rings. The minimum absolute atomic E-state index is 0.371. The second kappa shape index (κ2) is 4.66. The van der Waals surface area contributed by atoms with Crippen molar-refractivity contribution >= 4 is 17.3 Å². The number of nitrogens with zero attached hydrogens (tertiary/aromatic N) is 1. The van der Waals surface area contributed by atoms with Crippen molar-refractivity contribution in [2.75, 3.05) is 6.54 Å². The molecule has 0 aliphatic heterocycles. The van der Waals surface area contributed by atoms with Crippen LogP contribution in [0.4, 0.5) is 0 Å². The highest BCUT2D eigenvalue weighted by atomic mass is 32.1. The second-order valence-electron chi connectivity index (χ2n) is 3.75. The third-order valence-electron chi connectivity index (χ3n) is 2.70. The number of nitrogens with two attached hydrogens (primary N) is 1. The van der Waals surface area contributed by atoms with Crippen molar-refractivity contribution in [2.24, 2.45) is 10.7 Å². The number of rotatable bonds is 2. The van der Waals surface area contributed by atoms with E-state index in [-0.39, 0.29) is 0 Å². The van der Waals surface area contributed by atoms with Crippen LogP contribution in [0.3, 0.4) is 0 Å². The van der Waals surface area contributed by atoms with Crippen LogP contribution in [0.5, 0.6) is 0 Å². The van der Waals surface area contributed by atoms with Gasteiger partial charge in [-0.25, -0.2) is 0 Å². The van der Waals surface area contributed by atoms with Crippen molar-refractivity contribution in [1.82, 2.24) is 5.32 Å². The van der Waals surface area contributed by atoms with Crippen LogP contribution in [-0.2, 0) is 6.42 Å². The third kappa shape index (κ3) is 2.31. The Bertz CT molecular complexity index is 356. The second-order valence-corrected chi connectivity index (χ2v) is 4.75. The van der Waals surface area contributed by atoms with Crippen molar-refractivity contribution in [3.63, 3.8) is 0 Å². The SMILES string of the molecule is CCN=C(N)NC1CCCc2sccc21. The number of hydrogen-bond acceptors (Lipinski definition) is 2. The van der Waals surface area contributed by atoms with Gasteiger partial charge in [0.15, 0.2) is 5.96 Å². The maximum absolute atomic E-state index is 5.78. The number of aryl methyl sites for hydroxylation is 1. The predicted molar refractivity (Wildman–Crippen MR) is 65.3 cm³/mol. The first-order valence-electron chi connectivity index (χ1n) is 5.44. The van der Waals surface area contributed by atoms with E-state index in [9.17, 15) is 0 Å². The lowest BCUT2D eigenvalue weighted by Crippen LogP contribution is -2.36. The summed E-state index contributed by atoms with van der Waals surface area (Å²) in [5.74, 6) is 0.571. The molecule has 0 amide bonds. The predicted octanol–water partition coefficient (Wildman–Crippen LogP) is 2.05. The topological polar surface area (TPSA) is 50.4 Å². The number of fused-ring (bicyclic) bond motifs is 1. The van der Waals surface area contributed by atoms with E-state index in [0.717, 1.165) is 13.0 Å². The Labute approximate surface area is 94.4 Å². The zero-order chi connectivity index (χ0) is 10.7. The number of hydrogen-bond donors (Lipinski definition) is 2. The van der Waals surface area contributed by atoms with E-state index in [4.69, 9.17) is 5.73 Å². The summed E-state index contributed by atoms with van der Waals surface area (Å²) in [5, 5.41) is 5.46. The molecule has 0 radical (unpaired) electrons. The van der Waals surface area contributed by atoms with Crippen LogP contribution >= 0.6 is 11.3 Å². The van der Waals surface area contributed by atoms with Gasteiger partial charge in [0.05, 0.1) is 6.04 Å². The van der Waals surface area contributed by atoms with Crippen molar-refractivity contribution in [1.29, 1.82) is 0 Å². The lowest BCUT2D eigenvalue weighted by Gasteiger charge is -2.24. The summed E-state index contributed by atoms with van der Waals surface area (Å²) < 4.78 is 0. The molecule has 1 unspecified atom stereocenters. The Morgan fingerprint density at radius 2 is 2.60 bits per heavy atom. The summed E-state index contributed by atoms with van der Waals surface area (Å²) >= 11 is 1.85. The van der Waals surface area contributed by atoms with Crippen LogP contribution in [0, 0.1) is 0 Å². The Kier molecular flexibility index (Phi) is 3.26. The van der Waals surface area contributed by atoms with Gasteiger partial charge in [0.2, 0.25) is 0 Å². The quantitative estimate of drug-likeness (QED) is 0.595. The molecule has 2 rings (SSSR count). The van der Waals surface area contributed by atoms with E-state index in [1.807, 2.05) is 18.3 Å². The smallest absolute Gasteiger partial charge is 0.189 e. The van der Waals surface area contributed by atoms with Crippen LogP contribution in [0.15, 0.2) is 16.4 Å². The van der Waals surface area contributed by atoms with E-state index in [0.29, 0.717) is 12.0 Å². The molecule has 15 heavy (non-hydrogen) atoms. The van der Waals surface area contributed by atoms with Crippen molar-refractivity contribution in [2.45, 2.75) is 32.2 Å². The normalized spacial score (nSPS) is 21.1. The van der Waals surface area contributed by atoms with Gasteiger partial charge in [0.25, 0.3) is 0 Å². The molecule has 3 nitrogen and oxygen atoms in total. The van der Waals surface area contributed by atoms with Gasteiger partial charge in [-0.3, -0.25) is 4.99 Å². The maximum atomic E-state index is 5.78. The molecule has 0 spiro atoms. The molecule has 1 heterocycles. The van der Waals surface area contributed by atoms with E-state index in [2.05, 4.69) is 21.8 Å². The number of aliphatic imine (C=N–C) groups is 1. The van der Waals surface area contributed by atoms with Gasteiger partial charge in [-0.2, -0.15) is 0 Å². The van der Waals surface area contributed by atoms with Crippen molar-refractivity contribution < 1.29 is 0 Å². The molecule has 0 aromatic carbocycles. The zero-order valence-electron chi connectivity index (χ0n) is 8.99. The van der Waals surface area contributed by atoms with Crippen LogP contribution in [0.2, 0.25) is 0 Å². The van der Waals surface area contributed by atoms with Crippen LogP contribution in [0.25, 0.3) is 0 Å². The highest BCUT2D eigenvalue weighted by Crippen LogP contribution is 2.32. The van der Waals surface area contributed by atoms with Crippen LogP contribution in [0.1, 0.15) is 36.2 Å². The van der Waals surface area contributed by atoms with E-state index >= 15 is 0 Å². The minimum Gasteiger partial charge on any atom is -0.370 e. The molecular weight excluding hydrogens is 206 g/mol. The van der Waals surface area contributed by atoms with Crippen LogP contribution in [-0.4, -0.2) is 12.5 Å². The third-order valence-corrected chi connectivity index (χ3v) is 3.70. The molecule has 82 valence electrons. The van der Waals surface area contributed by atoms with E-state index < -0.39 is 0 Å². The lowest BCUT2D eigenvalue weighted by molar-refractivity contribution is 0.531. The molecule has 4 heteroatoms. The van der Waals surface area contributed by atoms with Gasteiger partial charge in [0, 0.05) is 11.4 Å². The van der Waals surface area contributed by atoms with E-state index in [1.165, 1.54) is 23.3 Å². The van der Waals surface area contributed by atoms with Gasteiger partial charge in [-0.15, -0.1) is 11.3 Å². The Morgan fingerprint density at radius 1 is 1.73 bits per heavy atom. The van der Waals surface area contributed by atoms with Crippen molar-refractivity contribution in [3.05, 3.63) is 21.9 Å². The molecule has 0 fully saturated rings. The van der Waals surface area contributed by atoms with Crippen molar-refractivity contribution in [3.8, 4) is 0 Å². The van der Waals surface area contributed by atoms with Gasteiger partial charge in [0.1, 0.15) is 0 Å². The first-order chi connectivity index (χ1) is 7.31.